The molecule has 6 heteroatoms. The van der Waals surface area contributed by atoms with E-state index < -0.39 is 5.91 Å². The van der Waals surface area contributed by atoms with Gasteiger partial charge in [-0.25, -0.2) is 0 Å². The maximum atomic E-state index is 11.7. The third kappa shape index (κ3) is 2.30. The van der Waals surface area contributed by atoms with Crippen LogP contribution in [0.5, 0.6) is 5.75 Å². The number of hydrogen-bond donors (Lipinski definition) is 2. The predicted octanol–water partition coefficient (Wildman–Crippen LogP) is -0.130. The number of rotatable bonds is 3. The lowest BCUT2D eigenvalue weighted by Crippen LogP contribution is -2.40. The molecule has 4 N–H and O–H groups in total. The standard InChI is InChI=1S/C11H13N3O3/c12-7-1-2-9-8(5-7)14(4-3-10(13)15)11(16)6-17-9/h1-2,5H,3-4,6,12H2,(H2,13,15). The molecular formula is C11H13N3O3. The second-order valence-electron chi connectivity index (χ2n) is 3.78. The van der Waals surface area contributed by atoms with Crippen molar-refractivity contribution >= 4 is 23.2 Å². The highest BCUT2D eigenvalue weighted by atomic mass is 16.5. The lowest BCUT2D eigenvalue weighted by molar-refractivity contribution is -0.121. The number of hydrogen-bond acceptors (Lipinski definition) is 4. The Morgan fingerprint density at radius 3 is 2.94 bits per heavy atom. The van der Waals surface area contributed by atoms with Gasteiger partial charge in [0.2, 0.25) is 5.91 Å². The highest BCUT2D eigenvalue weighted by Crippen LogP contribution is 2.33. The van der Waals surface area contributed by atoms with E-state index in [9.17, 15) is 9.59 Å². The summed E-state index contributed by atoms with van der Waals surface area (Å²) in [6.45, 7) is 0.212. The summed E-state index contributed by atoms with van der Waals surface area (Å²) in [7, 11) is 0. The van der Waals surface area contributed by atoms with Crippen LogP contribution in [-0.4, -0.2) is 25.0 Å². The summed E-state index contributed by atoms with van der Waals surface area (Å²) in [4.78, 5) is 23.9. The quantitative estimate of drug-likeness (QED) is 0.713. The fraction of sp³-hybridized carbons (Fsp3) is 0.273. The molecule has 2 amide bonds. The predicted molar refractivity (Wildman–Crippen MR) is 62.5 cm³/mol. The number of ether oxygens (including phenoxy) is 1. The lowest BCUT2D eigenvalue weighted by atomic mass is 10.2. The molecule has 0 atom stereocenters. The molecule has 0 radical (unpaired) electrons. The van der Waals surface area contributed by atoms with Crippen molar-refractivity contribution in [2.45, 2.75) is 6.42 Å². The van der Waals surface area contributed by atoms with Gasteiger partial charge in [-0.1, -0.05) is 0 Å². The van der Waals surface area contributed by atoms with Gasteiger partial charge in [-0.3, -0.25) is 9.59 Å². The molecule has 6 nitrogen and oxygen atoms in total. The van der Waals surface area contributed by atoms with E-state index in [4.69, 9.17) is 16.2 Å². The average Bonchev–Trinajstić information content (AvgIpc) is 2.27. The molecule has 17 heavy (non-hydrogen) atoms. The molecule has 1 heterocycles. The Bertz CT molecular complexity index is 473. The fourth-order valence-corrected chi connectivity index (χ4v) is 1.69. The van der Waals surface area contributed by atoms with Crippen molar-refractivity contribution in [2.75, 3.05) is 23.8 Å². The SMILES string of the molecule is NC(=O)CCN1C(=O)COc2ccc(N)cc21. The zero-order valence-electron chi connectivity index (χ0n) is 9.18. The number of nitrogens with zero attached hydrogens (tertiary/aromatic N) is 1. The summed E-state index contributed by atoms with van der Waals surface area (Å²) < 4.78 is 5.26. The van der Waals surface area contributed by atoms with Crippen LogP contribution in [0.3, 0.4) is 0 Å². The second kappa shape index (κ2) is 4.32. The van der Waals surface area contributed by atoms with Gasteiger partial charge in [-0.2, -0.15) is 0 Å². The number of carbonyl (C=O) groups excluding carboxylic acids is 2. The van der Waals surface area contributed by atoms with Crippen molar-refractivity contribution in [3.8, 4) is 5.75 Å². The van der Waals surface area contributed by atoms with Gasteiger partial charge >= 0.3 is 0 Å². The normalized spacial score (nSPS) is 14.1. The van der Waals surface area contributed by atoms with Gasteiger partial charge in [-0.05, 0) is 18.2 Å². The van der Waals surface area contributed by atoms with E-state index in [2.05, 4.69) is 0 Å². The van der Waals surface area contributed by atoms with Gasteiger partial charge in [0.05, 0.1) is 5.69 Å². The van der Waals surface area contributed by atoms with Crippen LogP contribution in [0.15, 0.2) is 18.2 Å². The summed E-state index contributed by atoms with van der Waals surface area (Å²) in [5.74, 6) is -0.0673. The first-order valence-electron chi connectivity index (χ1n) is 5.19. The first-order valence-corrected chi connectivity index (χ1v) is 5.19. The van der Waals surface area contributed by atoms with Gasteiger partial charge in [0.1, 0.15) is 5.75 Å². The highest BCUT2D eigenvalue weighted by molar-refractivity contribution is 5.98. The summed E-state index contributed by atoms with van der Waals surface area (Å²) >= 11 is 0. The lowest BCUT2D eigenvalue weighted by Gasteiger charge is -2.29. The van der Waals surface area contributed by atoms with E-state index in [0.717, 1.165) is 0 Å². The molecule has 1 aromatic carbocycles. The van der Waals surface area contributed by atoms with Crippen molar-refractivity contribution in [3.63, 3.8) is 0 Å². The van der Waals surface area contributed by atoms with Crippen LogP contribution in [0.2, 0.25) is 0 Å². The third-order valence-electron chi connectivity index (χ3n) is 2.51. The molecule has 0 spiro atoms. The minimum Gasteiger partial charge on any atom is -0.482 e. The van der Waals surface area contributed by atoms with Crippen molar-refractivity contribution in [2.24, 2.45) is 5.73 Å². The van der Waals surface area contributed by atoms with Gasteiger partial charge in [0.15, 0.2) is 6.61 Å². The number of nitrogens with two attached hydrogens (primary N) is 2. The van der Waals surface area contributed by atoms with Gasteiger partial charge < -0.3 is 21.1 Å². The van der Waals surface area contributed by atoms with E-state index in [1.54, 1.807) is 18.2 Å². The minimum absolute atomic E-state index is 0.0321. The van der Waals surface area contributed by atoms with Gasteiger partial charge in [0.25, 0.3) is 5.91 Å². The number of anilines is 2. The van der Waals surface area contributed by atoms with Crippen LogP contribution in [0, 0.1) is 0 Å². The Morgan fingerprint density at radius 1 is 1.47 bits per heavy atom. The molecule has 0 unspecified atom stereocenters. The maximum absolute atomic E-state index is 11.7. The maximum Gasteiger partial charge on any atom is 0.265 e. The molecule has 90 valence electrons. The monoisotopic (exact) mass is 235 g/mol. The third-order valence-corrected chi connectivity index (χ3v) is 2.51. The molecule has 0 fully saturated rings. The smallest absolute Gasteiger partial charge is 0.265 e. The summed E-state index contributed by atoms with van der Waals surface area (Å²) in [6, 6.07) is 5.04. The Hall–Kier alpha value is -2.24. The minimum atomic E-state index is -0.449. The van der Waals surface area contributed by atoms with E-state index in [1.165, 1.54) is 4.90 Å². The van der Waals surface area contributed by atoms with Crippen LogP contribution in [-0.2, 0) is 9.59 Å². The van der Waals surface area contributed by atoms with E-state index >= 15 is 0 Å². The number of fused-ring (bicyclic) bond motifs is 1. The summed E-state index contributed by atoms with van der Waals surface area (Å²) in [6.07, 6.45) is 0.111. The van der Waals surface area contributed by atoms with Crippen LogP contribution < -0.4 is 21.1 Å². The Balaban J connectivity index is 2.28. The summed E-state index contributed by atoms with van der Waals surface area (Å²) in [5, 5.41) is 0. The topological polar surface area (TPSA) is 98.7 Å². The van der Waals surface area contributed by atoms with Crippen LogP contribution in [0.1, 0.15) is 6.42 Å². The molecule has 0 bridgehead atoms. The van der Waals surface area contributed by atoms with Crippen molar-refractivity contribution in [1.82, 2.24) is 0 Å². The zero-order chi connectivity index (χ0) is 12.4. The highest BCUT2D eigenvalue weighted by Gasteiger charge is 2.25. The summed E-state index contributed by atoms with van der Waals surface area (Å²) in [5.41, 5.74) is 11.9. The fourth-order valence-electron chi connectivity index (χ4n) is 1.69. The Kier molecular flexibility index (Phi) is 2.86. The van der Waals surface area contributed by atoms with Crippen molar-refractivity contribution in [3.05, 3.63) is 18.2 Å². The molecule has 0 aliphatic carbocycles. The number of nitrogen functional groups attached to an aromatic ring is 1. The van der Waals surface area contributed by atoms with E-state index in [-0.39, 0.29) is 25.5 Å². The number of amides is 2. The number of benzene rings is 1. The molecule has 0 aromatic heterocycles. The average molecular weight is 235 g/mol. The van der Waals surface area contributed by atoms with Gasteiger partial charge in [-0.15, -0.1) is 0 Å². The zero-order valence-corrected chi connectivity index (χ0v) is 9.18. The molecule has 0 saturated heterocycles. The molecule has 2 rings (SSSR count). The largest absolute Gasteiger partial charge is 0.482 e. The molecule has 1 aromatic rings. The van der Waals surface area contributed by atoms with E-state index in [0.29, 0.717) is 17.1 Å². The van der Waals surface area contributed by atoms with Crippen LogP contribution >= 0.6 is 0 Å². The van der Waals surface area contributed by atoms with Gasteiger partial charge in [0, 0.05) is 18.7 Å². The van der Waals surface area contributed by atoms with Crippen molar-refractivity contribution in [1.29, 1.82) is 0 Å². The van der Waals surface area contributed by atoms with Crippen molar-refractivity contribution < 1.29 is 14.3 Å². The molecule has 1 aliphatic heterocycles. The Morgan fingerprint density at radius 2 is 2.24 bits per heavy atom. The first kappa shape index (κ1) is 11.3. The number of carbonyl (C=O) groups is 2. The van der Waals surface area contributed by atoms with Crippen LogP contribution in [0.25, 0.3) is 0 Å². The Labute approximate surface area is 98.1 Å². The van der Waals surface area contributed by atoms with Crippen LogP contribution in [0.4, 0.5) is 11.4 Å². The molecule has 0 saturated carbocycles. The van der Waals surface area contributed by atoms with E-state index in [1.807, 2.05) is 0 Å². The molecular weight excluding hydrogens is 222 g/mol. The molecule has 1 aliphatic rings. The number of primary amides is 1. The first-order chi connectivity index (χ1) is 8.08. The second-order valence-corrected chi connectivity index (χ2v) is 3.78.